The van der Waals surface area contributed by atoms with E-state index in [2.05, 4.69) is 33.8 Å². The van der Waals surface area contributed by atoms with Gasteiger partial charge in [0.1, 0.15) is 0 Å². The highest BCUT2D eigenvalue weighted by atomic mass is 16.3. The van der Waals surface area contributed by atoms with Gasteiger partial charge in [0.25, 0.3) is 0 Å². The minimum absolute atomic E-state index is 0.0918. The predicted octanol–water partition coefficient (Wildman–Crippen LogP) is 5.72. The van der Waals surface area contributed by atoms with Crippen LogP contribution in [0.15, 0.2) is 11.6 Å². The Labute approximate surface area is 190 Å². The third kappa shape index (κ3) is 3.95. The highest BCUT2D eigenvalue weighted by Gasteiger charge is 2.59. The van der Waals surface area contributed by atoms with E-state index in [0.717, 1.165) is 37.0 Å². The zero-order chi connectivity index (χ0) is 22.8. The summed E-state index contributed by atoms with van der Waals surface area (Å²) in [6, 6.07) is 0. The summed E-state index contributed by atoms with van der Waals surface area (Å²) in [4.78, 5) is 0. The standard InChI is InChI=1S/C28H48O3/c1-17(26(3,4)31)15-25(30)18(2)22-9-10-23-21-8-7-19-16-20(29)11-13-27(19,5)24(21)12-14-28(22,23)6/h7,17-18,20-25,29-31H,8-16H2,1-6H3. The van der Waals surface area contributed by atoms with Crippen LogP contribution in [0.3, 0.4) is 0 Å². The molecule has 3 fully saturated rings. The molecule has 0 saturated heterocycles. The zero-order valence-corrected chi connectivity index (χ0v) is 20.9. The Kier molecular flexibility index (Phi) is 6.24. The molecule has 4 aliphatic rings. The second-order valence-corrected chi connectivity index (χ2v) is 13.1. The van der Waals surface area contributed by atoms with Crippen LogP contribution in [0.25, 0.3) is 0 Å². The molecule has 0 aromatic heterocycles. The van der Waals surface area contributed by atoms with Gasteiger partial charge in [-0.3, -0.25) is 0 Å². The molecule has 178 valence electrons. The minimum Gasteiger partial charge on any atom is -0.393 e. The Morgan fingerprint density at radius 1 is 1.06 bits per heavy atom. The van der Waals surface area contributed by atoms with Gasteiger partial charge in [0.2, 0.25) is 0 Å². The molecule has 3 saturated carbocycles. The summed E-state index contributed by atoms with van der Waals surface area (Å²) < 4.78 is 0. The third-order valence-electron chi connectivity index (χ3n) is 11.2. The first-order valence-corrected chi connectivity index (χ1v) is 13.2. The minimum atomic E-state index is -0.740. The van der Waals surface area contributed by atoms with Gasteiger partial charge in [0.05, 0.1) is 17.8 Å². The monoisotopic (exact) mass is 432 g/mol. The SMILES string of the molecule is CC(C(O)CC(C)C(C)(C)O)C1CCC2C3CC=C4CC(O)CCC4(C)C3CCC12C. The van der Waals surface area contributed by atoms with Crippen molar-refractivity contribution in [2.24, 2.45) is 46.3 Å². The number of allylic oxidation sites excluding steroid dienone is 1. The van der Waals surface area contributed by atoms with Crippen molar-refractivity contribution in [1.82, 2.24) is 0 Å². The molecule has 3 heteroatoms. The number of fused-ring (bicyclic) bond motifs is 5. The van der Waals surface area contributed by atoms with Crippen molar-refractivity contribution in [3.63, 3.8) is 0 Å². The summed E-state index contributed by atoms with van der Waals surface area (Å²) in [6.45, 7) is 13.1. The average molecular weight is 433 g/mol. The Morgan fingerprint density at radius 3 is 2.45 bits per heavy atom. The topological polar surface area (TPSA) is 60.7 Å². The molecule has 10 unspecified atom stereocenters. The van der Waals surface area contributed by atoms with Crippen molar-refractivity contribution in [2.75, 3.05) is 0 Å². The Morgan fingerprint density at radius 2 is 1.77 bits per heavy atom. The summed E-state index contributed by atoms with van der Waals surface area (Å²) >= 11 is 0. The van der Waals surface area contributed by atoms with Crippen LogP contribution >= 0.6 is 0 Å². The van der Waals surface area contributed by atoms with E-state index < -0.39 is 5.60 Å². The van der Waals surface area contributed by atoms with Crippen LogP contribution in [0, 0.1) is 46.3 Å². The first-order valence-electron chi connectivity index (χ1n) is 13.2. The fourth-order valence-electron chi connectivity index (χ4n) is 8.68. The van der Waals surface area contributed by atoms with Gasteiger partial charge in [-0.15, -0.1) is 0 Å². The molecular weight excluding hydrogens is 384 g/mol. The van der Waals surface area contributed by atoms with Crippen LogP contribution in [0.4, 0.5) is 0 Å². The predicted molar refractivity (Wildman–Crippen MR) is 126 cm³/mol. The van der Waals surface area contributed by atoms with Crippen LogP contribution < -0.4 is 0 Å². The summed E-state index contributed by atoms with van der Waals surface area (Å²) in [5, 5.41) is 31.7. The van der Waals surface area contributed by atoms with Crippen LogP contribution in [0.2, 0.25) is 0 Å². The van der Waals surface area contributed by atoms with Gasteiger partial charge < -0.3 is 15.3 Å². The van der Waals surface area contributed by atoms with Crippen molar-refractivity contribution in [1.29, 1.82) is 0 Å². The highest BCUT2D eigenvalue weighted by Crippen LogP contribution is 2.67. The Hall–Kier alpha value is -0.380. The van der Waals surface area contributed by atoms with Gasteiger partial charge in [-0.05, 0) is 118 Å². The summed E-state index contributed by atoms with van der Waals surface area (Å²) in [5.41, 5.74) is 1.44. The van der Waals surface area contributed by atoms with E-state index in [0.29, 0.717) is 23.2 Å². The maximum Gasteiger partial charge on any atom is 0.0618 e. The molecule has 10 atom stereocenters. The number of hydrogen-bond donors (Lipinski definition) is 3. The normalized spacial score (nSPS) is 45.7. The second kappa shape index (κ2) is 8.13. The summed E-state index contributed by atoms with van der Waals surface area (Å²) in [6.07, 6.45) is 12.1. The fourth-order valence-corrected chi connectivity index (χ4v) is 8.68. The van der Waals surface area contributed by atoms with Crippen LogP contribution in [0.1, 0.15) is 99.3 Å². The quantitative estimate of drug-likeness (QED) is 0.487. The van der Waals surface area contributed by atoms with Crippen LogP contribution in [-0.2, 0) is 0 Å². The molecule has 0 spiro atoms. The maximum atomic E-state index is 11.1. The maximum absolute atomic E-state index is 11.1. The van der Waals surface area contributed by atoms with Gasteiger partial charge in [-0.25, -0.2) is 0 Å². The van der Waals surface area contributed by atoms with E-state index >= 15 is 0 Å². The molecule has 0 aromatic carbocycles. The molecule has 31 heavy (non-hydrogen) atoms. The highest BCUT2D eigenvalue weighted by molar-refractivity contribution is 5.25. The molecule has 4 aliphatic carbocycles. The van der Waals surface area contributed by atoms with E-state index in [1.165, 1.54) is 32.1 Å². The number of hydrogen-bond acceptors (Lipinski definition) is 3. The molecule has 0 bridgehead atoms. The largest absolute Gasteiger partial charge is 0.393 e. The van der Waals surface area contributed by atoms with Gasteiger partial charge in [0, 0.05) is 0 Å². The molecular formula is C28H48O3. The van der Waals surface area contributed by atoms with Crippen molar-refractivity contribution in [3.8, 4) is 0 Å². The lowest BCUT2D eigenvalue weighted by atomic mass is 9.47. The summed E-state index contributed by atoms with van der Waals surface area (Å²) in [7, 11) is 0. The smallest absolute Gasteiger partial charge is 0.0618 e. The van der Waals surface area contributed by atoms with Crippen molar-refractivity contribution in [3.05, 3.63) is 11.6 Å². The fraction of sp³-hybridized carbons (Fsp3) is 0.929. The second-order valence-electron chi connectivity index (χ2n) is 13.1. The lowest BCUT2D eigenvalue weighted by Gasteiger charge is -2.58. The molecule has 0 radical (unpaired) electrons. The first kappa shape index (κ1) is 23.8. The van der Waals surface area contributed by atoms with Gasteiger partial charge >= 0.3 is 0 Å². The first-order chi connectivity index (χ1) is 14.4. The number of aliphatic hydroxyl groups is 3. The lowest BCUT2D eigenvalue weighted by Crippen LogP contribution is -2.51. The van der Waals surface area contributed by atoms with Crippen molar-refractivity contribution < 1.29 is 15.3 Å². The van der Waals surface area contributed by atoms with E-state index in [1.807, 2.05) is 13.8 Å². The van der Waals surface area contributed by atoms with Crippen molar-refractivity contribution in [2.45, 2.75) is 117 Å². The van der Waals surface area contributed by atoms with E-state index in [4.69, 9.17) is 0 Å². The molecule has 0 aliphatic heterocycles. The summed E-state index contributed by atoms with van der Waals surface area (Å²) in [5.74, 6) is 3.26. The molecule has 3 nitrogen and oxygen atoms in total. The average Bonchev–Trinajstić information content (AvgIpc) is 3.04. The molecule has 4 rings (SSSR count). The van der Waals surface area contributed by atoms with Crippen LogP contribution in [-0.4, -0.2) is 33.1 Å². The zero-order valence-electron chi connectivity index (χ0n) is 20.9. The molecule has 0 amide bonds. The van der Waals surface area contributed by atoms with E-state index in [-0.39, 0.29) is 24.0 Å². The lowest BCUT2D eigenvalue weighted by molar-refractivity contribution is -0.0734. The van der Waals surface area contributed by atoms with Gasteiger partial charge in [-0.2, -0.15) is 0 Å². The molecule has 3 N–H and O–H groups in total. The van der Waals surface area contributed by atoms with Gasteiger partial charge in [-0.1, -0.05) is 39.3 Å². The number of rotatable bonds is 5. The third-order valence-corrected chi connectivity index (χ3v) is 11.2. The Bertz CT molecular complexity index is 693. The van der Waals surface area contributed by atoms with Crippen molar-refractivity contribution >= 4 is 0 Å². The number of aliphatic hydroxyl groups excluding tert-OH is 2. The van der Waals surface area contributed by atoms with E-state index in [1.54, 1.807) is 5.57 Å². The van der Waals surface area contributed by atoms with Crippen LogP contribution in [0.5, 0.6) is 0 Å². The van der Waals surface area contributed by atoms with E-state index in [9.17, 15) is 15.3 Å². The Balaban J connectivity index is 1.51. The molecule has 0 aromatic rings. The van der Waals surface area contributed by atoms with Gasteiger partial charge in [0.15, 0.2) is 0 Å². The molecule has 0 heterocycles.